The lowest BCUT2D eigenvalue weighted by Crippen LogP contribution is -2.23. The molecule has 1 atom stereocenters. The maximum absolute atomic E-state index is 12.7. The summed E-state index contributed by atoms with van der Waals surface area (Å²) in [5.41, 5.74) is 2.65. The van der Waals surface area contributed by atoms with Crippen molar-refractivity contribution in [1.29, 1.82) is 0 Å². The van der Waals surface area contributed by atoms with E-state index in [1.54, 1.807) is 11.8 Å². The molecule has 3 rings (SSSR count). The zero-order valence-corrected chi connectivity index (χ0v) is 17.1. The van der Waals surface area contributed by atoms with Crippen molar-refractivity contribution in [2.24, 2.45) is 0 Å². The number of tetrazole rings is 1. The highest BCUT2D eigenvalue weighted by molar-refractivity contribution is 8.00. The van der Waals surface area contributed by atoms with Crippen molar-refractivity contribution in [2.45, 2.75) is 37.1 Å². The second kappa shape index (κ2) is 8.88. The van der Waals surface area contributed by atoms with Gasteiger partial charge in [0.1, 0.15) is 11.4 Å². The van der Waals surface area contributed by atoms with E-state index in [0.717, 1.165) is 16.9 Å². The number of hydrogen-bond acceptors (Lipinski definition) is 6. The summed E-state index contributed by atoms with van der Waals surface area (Å²) < 4.78 is 6.96. The van der Waals surface area contributed by atoms with Gasteiger partial charge in [-0.05, 0) is 47.0 Å². The lowest BCUT2D eigenvalue weighted by Gasteiger charge is -2.16. The van der Waals surface area contributed by atoms with Crippen molar-refractivity contribution >= 4 is 23.4 Å². The summed E-state index contributed by atoms with van der Waals surface area (Å²) in [6.45, 7) is 6.04. The average Bonchev–Trinajstić information content (AvgIpc) is 3.16. The first-order chi connectivity index (χ1) is 13.5. The zero-order valence-electron chi connectivity index (χ0n) is 16.3. The van der Waals surface area contributed by atoms with Gasteiger partial charge < -0.3 is 10.1 Å². The number of carbonyl (C=O) groups excluding carboxylic acids is 1. The fourth-order valence-corrected chi connectivity index (χ4v) is 3.57. The summed E-state index contributed by atoms with van der Waals surface area (Å²) in [5, 5.41) is 15.0. The van der Waals surface area contributed by atoms with Gasteiger partial charge in [0.2, 0.25) is 11.1 Å². The first-order valence-electron chi connectivity index (χ1n) is 8.99. The topological polar surface area (TPSA) is 81.9 Å². The van der Waals surface area contributed by atoms with Crippen LogP contribution in [0.1, 0.15) is 32.3 Å². The van der Waals surface area contributed by atoms with Crippen molar-refractivity contribution < 1.29 is 9.53 Å². The van der Waals surface area contributed by atoms with E-state index in [2.05, 4.69) is 34.7 Å². The molecule has 7 nitrogen and oxygen atoms in total. The van der Waals surface area contributed by atoms with Gasteiger partial charge in [-0.2, -0.15) is 4.68 Å². The Morgan fingerprint density at radius 3 is 2.57 bits per heavy atom. The maximum atomic E-state index is 12.7. The molecular formula is C20H23N5O2S. The summed E-state index contributed by atoms with van der Waals surface area (Å²) in [6.07, 6.45) is 0. The number of ether oxygens (including phenoxy) is 1. The number of thioether (sulfide) groups is 1. The van der Waals surface area contributed by atoms with Crippen LogP contribution in [0.15, 0.2) is 53.7 Å². The Hall–Kier alpha value is -2.87. The molecule has 1 aromatic heterocycles. The van der Waals surface area contributed by atoms with Crippen LogP contribution in [0.25, 0.3) is 5.69 Å². The molecule has 1 heterocycles. The number of para-hydroxylation sites is 3. The van der Waals surface area contributed by atoms with Crippen molar-refractivity contribution in [3.05, 3.63) is 54.1 Å². The van der Waals surface area contributed by atoms with Crippen LogP contribution in [0.5, 0.6) is 5.75 Å². The molecule has 0 aliphatic carbocycles. The summed E-state index contributed by atoms with van der Waals surface area (Å²) in [4.78, 5) is 12.7. The molecule has 0 aliphatic rings. The van der Waals surface area contributed by atoms with E-state index < -0.39 is 0 Å². The van der Waals surface area contributed by atoms with Crippen molar-refractivity contribution in [1.82, 2.24) is 20.2 Å². The van der Waals surface area contributed by atoms with Gasteiger partial charge in [-0.1, -0.05) is 55.9 Å². The Morgan fingerprint density at radius 2 is 1.82 bits per heavy atom. The van der Waals surface area contributed by atoms with Crippen LogP contribution >= 0.6 is 11.8 Å². The van der Waals surface area contributed by atoms with Crippen LogP contribution < -0.4 is 10.1 Å². The minimum atomic E-state index is -0.389. The largest absolute Gasteiger partial charge is 0.494 e. The highest BCUT2D eigenvalue weighted by Crippen LogP contribution is 2.29. The number of rotatable bonds is 7. The highest BCUT2D eigenvalue weighted by atomic mass is 32.2. The fourth-order valence-electron chi connectivity index (χ4n) is 2.77. The van der Waals surface area contributed by atoms with Gasteiger partial charge in [-0.25, -0.2) is 0 Å². The molecule has 2 aromatic carbocycles. The molecule has 8 heteroatoms. The van der Waals surface area contributed by atoms with Crippen molar-refractivity contribution in [2.75, 3.05) is 12.4 Å². The van der Waals surface area contributed by atoms with E-state index in [4.69, 9.17) is 4.74 Å². The van der Waals surface area contributed by atoms with Gasteiger partial charge in [0.25, 0.3) is 0 Å². The molecule has 1 unspecified atom stereocenters. The average molecular weight is 398 g/mol. The van der Waals surface area contributed by atoms with Crippen LogP contribution in [0.3, 0.4) is 0 Å². The van der Waals surface area contributed by atoms with E-state index in [0.29, 0.717) is 16.8 Å². The molecule has 0 radical (unpaired) electrons. The van der Waals surface area contributed by atoms with E-state index in [1.807, 2.05) is 55.5 Å². The molecule has 3 aromatic rings. The number of aromatic nitrogens is 4. The monoisotopic (exact) mass is 397 g/mol. The number of methoxy groups -OCH3 is 1. The third kappa shape index (κ3) is 4.33. The molecule has 1 amide bonds. The Kier molecular flexibility index (Phi) is 6.30. The Morgan fingerprint density at radius 1 is 1.11 bits per heavy atom. The van der Waals surface area contributed by atoms with Crippen LogP contribution in [-0.4, -0.2) is 38.5 Å². The molecule has 0 fully saturated rings. The van der Waals surface area contributed by atoms with Gasteiger partial charge in [0.15, 0.2) is 0 Å². The summed E-state index contributed by atoms with van der Waals surface area (Å²) in [5.74, 6) is 0.865. The number of hydrogen-bond donors (Lipinski definition) is 1. The normalized spacial score (nSPS) is 12.0. The first kappa shape index (κ1) is 19.9. The molecule has 0 spiro atoms. The predicted octanol–water partition coefficient (Wildman–Crippen LogP) is 3.91. The number of benzene rings is 2. The predicted molar refractivity (Wildman–Crippen MR) is 110 cm³/mol. The third-order valence-electron chi connectivity index (χ3n) is 4.25. The van der Waals surface area contributed by atoms with E-state index >= 15 is 0 Å². The minimum Gasteiger partial charge on any atom is -0.494 e. The quantitative estimate of drug-likeness (QED) is 0.609. The van der Waals surface area contributed by atoms with Crippen molar-refractivity contribution in [3.8, 4) is 11.4 Å². The molecular weight excluding hydrogens is 374 g/mol. The molecule has 28 heavy (non-hydrogen) atoms. The van der Waals surface area contributed by atoms with Crippen LogP contribution in [0, 0.1) is 0 Å². The number of anilines is 1. The van der Waals surface area contributed by atoms with Gasteiger partial charge in [-0.15, -0.1) is 5.10 Å². The number of carbonyl (C=O) groups is 1. The van der Waals surface area contributed by atoms with Gasteiger partial charge in [-0.3, -0.25) is 4.79 Å². The zero-order chi connectivity index (χ0) is 20.1. The molecule has 1 N–H and O–H groups in total. The lowest BCUT2D eigenvalue weighted by molar-refractivity contribution is -0.115. The SMILES string of the molecule is COc1ccccc1-n1nnnc1SC(C)C(=O)Nc1ccccc1C(C)C. The lowest BCUT2D eigenvalue weighted by atomic mass is 10.0. The Bertz CT molecular complexity index is 957. The Balaban J connectivity index is 1.77. The second-order valence-corrected chi connectivity index (χ2v) is 7.84. The number of nitrogens with one attached hydrogen (secondary N) is 1. The summed E-state index contributed by atoms with van der Waals surface area (Å²) >= 11 is 1.29. The maximum Gasteiger partial charge on any atom is 0.237 e. The van der Waals surface area contributed by atoms with Crippen LogP contribution in [-0.2, 0) is 4.79 Å². The number of nitrogens with zero attached hydrogens (tertiary/aromatic N) is 4. The minimum absolute atomic E-state index is 0.104. The standard InChI is InChI=1S/C20H23N5O2S/c1-13(2)15-9-5-6-10-16(15)21-19(26)14(3)28-20-22-23-24-25(20)17-11-7-8-12-18(17)27-4/h5-14H,1-4H3,(H,21,26). The molecule has 0 saturated carbocycles. The fraction of sp³-hybridized carbons (Fsp3) is 0.300. The summed E-state index contributed by atoms with van der Waals surface area (Å²) in [6, 6.07) is 15.3. The molecule has 146 valence electrons. The van der Waals surface area contributed by atoms with Gasteiger partial charge in [0, 0.05) is 5.69 Å². The van der Waals surface area contributed by atoms with Crippen molar-refractivity contribution in [3.63, 3.8) is 0 Å². The van der Waals surface area contributed by atoms with E-state index in [9.17, 15) is 4.79 Å². The Labute approximate surface area is 168 Å². The van der Waals surface area contributed by atoms with Gasteiger partial charge in [0.05, 0.1) is 12.4 Å². The third-order valence-corrected chi connectivity index (χ3v) is 5.28. The smallest absolute Gasteiger partial charge is 0.237 e. The van der Waals surface area contributed by atoms with E-state index in [-0.39, 0.29) is 11.2 Å². The first-order valence-corrected chi connectivity index (χ1v) is 9.87. The number of amides is 1. The van der Waals surface area contributed by atoms with Crippen LogP contribution in [0.4, 0.5) is 5.69 Å². The molecule has 0 saturated heterocycles. The molecule has 0 aliphatic heterocycles. The summed E-state index contributed by atoms with van der Waals surface area (Å²) in [7, 11) is 1.60. The van der Waals surface area contributed by atoms with Crippen LogP contribution in [0.2, 0.25) is 0 Å². The second-order valence-electron chi connectivity index (χ2n) is 6.54. The highest BCUT2D eigenvalue weighted by Gasteiger charge is 2.21. The van der Waals surface area contributed by atoms with Gasteiger partial charge >= 0.3 is 0 Å². The van der Waals surface area contributed by atoms with E-state index in [1.165, 1.54) is 11.8 Å². The molecule has 0 bridgehead atoms.